The molecular formula is C20H38. The first-order valence-corrected chi connectivity index (χ1v) is 9.49. The smallest absolute Gasteiger partial charge is 0.0321 e. The van der Waals surface area contributed by atoms with Crippen LogP contribution in [0.1, 0.15) is 80.1 Å². The molecule has 0 aromatic rings. The fourth-order valence-electron chi connectivity index (χ4n) is 5.67. The van der Waals surface area contributed by atoms with Crippen LogP contribution in [0.2, 0.25) is 0 Å². The molecule has 0 heteroatoms. The molecule has 2 aliphatic carbocycles. The lowest BCUT2D eigenvalue weighted by atomic mass is 9.82. The fraction of sp³-hybridized carbons (Fsp3) is 1.00. The zero-order valence-electron chi connectivity index (χ0n) is 14.9. The predicted molar refractivity (Wildman–Crippen MR) is 89.7 cm³/mol. The Morgan fingerprint density at radius 2 is 1.60 bits per heavy atom. The Bertz CT molecular complexity index is 292. The summed E-state index contributed by atoms with van der Waals surface area (Å²) in [7, 11) is 0. The zero-order chi connectivity index (χ0) is 14.9. The van der Waals surface area contributed by atoms with Gasteiger partial charge in [-0.3, -0.25) is 0 Å². The van der Waals surface area contributed by atoms with E-state index in [4.69, 9.17) is 0 Å². The highest BCUT2D eigenvalue weighted by molar-refractivity contribution is 5.01. The van der Waals surface area contributed by atoms with Crippen LogP contribution < -0.4 is 0 Å². The van der Waals surface area contributed by atoms with Crippen LogP contribution in [0.4, 0.5) is 0 Å². The maximum atomic E-state index is 2.57. The van der Waals surface area contributed by atoms with Crippen molar-refractivity contribution in [3.8, 4) is 0 Å². The van der Waals surface area contributed by atoms with E-state index in [2.05, 4.69) is 41.5 Å². The average molecular weight is 279 g/mol. The topological polar surface area (TPSA) is 0 Å². The molecule has 20 heavy (non-hydrogen) atoms. The number of hydrogen-bond acceptors (Lipinski definition) is 0. The molecule has 0 heterocycles. The van der Waals surface area contributed by atoms with Crippen molar-refractivity contribution in [1.82, 2.24) is 0 Å². The third-order valence-electron chi connectivity index (χ3n) is 6.78. The quantitative estimate of drug-likeness (QED) is 0.510. The summed E-state index contributed by atoms with van der Waals surface area (Å²) in [4.78, 5) is 0. The lowest BCUT2D eigenvalue weighted by molar-refractivity contribution is 0.258. The van der Waals surface area contributed by atoms with Gasteiger partial charge in [-0.15, -0.1) is 0 Å². The van der Waals surface area contributed by atoms with Gasteiger partial charge in [0.15, 0.2) is 0 Å². The molecule has 0 radical (unpaired) electrons. The molecular weight excluding hydrogens is 240 g/mol. The summed E-state index contributed by atoms with van der Waals surface area (Å²) in [6, 6.07) is 0. The van der Waals surface area contributed by atoms with Crippen molar-refractivity contribution in [1.29, 1.82) is 0 Å². The maximum Gasteiger partial charge on any atom is -0.0321 e. The van der Waals surface area contributed by atoms with Gasteiger partial charge in [0.05, 0.1) is 0 Å². The minimum Gasteiger partial charge on any atom is -0.0651 e. The van der Waals surface area contributed by atoms with Crippen LogP contribution >= 0.6 is 0 Å². The molecule has 0 aromatic carbocycles. The van der Waals surface area contributed by atoms with Gasteiger partial charge in [-0.2, -0.15) is 0 Å². The van der Waals surface area contributed by atoms with Crippen molar-refractivity contribution in [2.45, 2.75) is 80.1 Å². The highest BCUT2D eigenvalue weighted by atomic mass is 14.6. The largest absolute Gasteiger partial charge is 0.0651 e. The SMILES string of the molecule is CCC1CCC(C2C(CC)C2CC(C)C)C(C)CC1C. The molecule has 0 aliphatic heterocycles. The van der Waals surface area contributed by atoms with Gasteiger partial charge in [-0.05, 0) is 73.0 Å². The van der Waals surface area contributed by atoms with Crippen molar-refractivity contribution in [3.05, 3.63) is 0 Å². The van der Waals surface area contributed by atoms with E-state index < -0.39 is 0 Å². The van der Waals surface area contributed by atoms with E-state index in [1.54, 1.807) is 0 Å². The zero-order valence-corrected chi connectivity index (χ0v) is 14.9. The lowest BCUT2D eigenvalue weighted by Gasteiger charge is -2.24. The Kier molecular flexibility index (Phi) is 5.60. The standard InChI is InChI=1S/C20H38/c1-7-16-9-10-18(15(6)12-14(16)5)20-17(8-2)19(20)11-13(3)4/h13-20H,7-12H2,1-6H3. The molecule has 2 fully saturated rings. The highest BCUT2D eigenvalue weighted by Gasteiger charge is 2.53. The molecule has 2 aliphatic rings. The second-order valence-electron chi connectivity index (χ2n) is 8.54. The van der Waals surface area contributed by atoms with E-state index in [1.165, 1.54) is 38.5 Å². The van der Waals surface area contributed by atoms with Crippen LogP contribution in [0, 0.1) is 47.3 Å². The molecule has 0 N–H and O–H groups in total. The Morgan fingerprint density at radius 3 is 2.15 bits per heavy atom. The van der Waals surface area contributed by atoms with Crippen molar-refractivity contribution < 1.29 is 0 Å². The van der Waals surface area contributed by atoms with Gasteiger partial charge in [0, 0.05) is 0 Å². The lowest BCUT2D eigenvalue weighted by Crippen LogP contribution is -2.16. The molecule has 0 spiro atoms. The van der Waals surface area contributed by atoms with E-state index in [-0.39, 0.29) is 0 Å². The molecule has 0 saturated heterocycles. The van der Waals surface area contributed by atoms with Gasteiger partial charge in [-0.1, -0.05) is 54.4 Å². The van der Waals surface area contributed by atoms with Gasteiger partial charge < -0.3 is 0 Å². The van der Waals surface area contributed by atoms with Crippen LogP contribution in [0.15, 0.2) is 0 Å². The van der Waals surface area contributed by atoms with Gasteiger partial charge in [-0.25, -0.2) is 0 Å². The number of rotatable bonds is 5. The molecule has 2 rings (SSSR count). The third-order valence-corrected chi connectivity index (χ3v) is 6.78. The molecule has 0 aromatic heterocycles. The van der Waals surface area contributed by atoms with Crippen molar-refractivity contribution in [2.24, 2.45) is 47.3 Å². The molecule has 0 nitrogen and oxygen atoms in total. The summed E-state index contributed by atoms with van der Waals surface area (Å²) in [5.41, 5.74) is 0. The molecule has 0 amide bonds. The molecule has 7 atom stereocenters. The van der Waals surface area contributed by atoms with E-state index in [0.29, 0.717) is 0 Å². The maximum absolute atomic E-state index is 2.57. The van der Waals surface area contributed by atoms with E-state index in [1.807, 2.05) is 0 Å². The van der Waals surface area contributed by atoms with Crippen LogP contribution in [0.5, 0.6) is 0 Å². The predicted octanol–water partition coefficient (Wildman–Crippen LogP) is 6.40. The summed E-state index contributed by atoms with van der Waals surface area (Å²) < 4.78 is 0. The summed E-state index contributed by atoms with van der Waals surface area (Å²) >= 11 is 0. The summed E-state index contributed by atoms with van der Waals surface area (Å²) in [5, 5.41) is 0. The van der Waals surface area contributed by atoms with Crippen molar-refractivity contribution >= 4 is 0 Å². The van der Waals surface area contributed by atoms with Crippen molar-refractivity contribution in [2.75, 3.05) is 0 Å². The Hall–Kier alpha value is 0. The van der Waals surface area contributed by atoms with E-state index >= 15 is 0 Å². The first-order valence-electron chi connectivity index (χ1n) is 9.49. The Balaban J connectivity index is 2.01. The van der Waals surface area contributed by atoms with Gasteiger partial charge in [0.25, 0.3) is 0 Å². The monoisotopic (exact) mass is 278 g/mol. The highest BCUT2D eigenvalue weighted by Crippen LogP contribution is 2.60. The minimum atomic E-state index is 0.891. The summed E-state index contributed by atoms with van der Waals surface area (Å²) in [6.07, 6.45) is 8.84. The molecule has 2 saturated carbocycles. The van der Waals surface area contributed by atoms with Crippen LogP contribution in [-0.4, -0.2) is 0 Å². The van der Waals surface area contributed by atoms with E-state index in [0.717, 1.165) is 47.3 Å². The molecule has 0 bridgehead atoms. The first-order chi connectivity index (χ1) is 9.49. The number of hydrogen-bond donors (Lipinski definition) is 0. The van der Waals surface area contributed by atoms with E-state index in [9.17, 15) is 0 Å². The van der Waals surface area contributed by atoms with Gasteiger partial charge in [0.2, 0.25) is 0 Å². The fourth-order valence-corrected chi connectivity index (χ4v) is 5.67. The average Bonchev–Trinajstić information content (AvgIpc) is 3.07. The second kappa shape index (κ2) is 6.84. The first kappa shape index (κ1) is 16.4. The third kappa shape index (κ3) is 3.42. The summed E-state index contributed by atoms with van der Waals surface area (Å²) in [6.45, 7) is 14.7. The minimum absolute atomic E-state index is 0.891. The summed E-state index contributed by atoms with van der Waals surface area (Å²) in [5.74, 6) is 8.09. The second-order valence-corrected chi connectivity index (χ2v) is 8.54. The van der Waals surface area contributed by atoms with Crippen LogP contribution in [0.3, 0.4) is 0 Å². The van der Waals surface area contributed by atoms with Gasteiger partial charge in [0.1, 0.15) is 0 Å². The molecule has 118 valence electrons. The normalized spacial score (nSPS) is 45.5. The van der Waals surface area contributed by atoms with Crippen LogP contribution in [-0.2, 0) is 0 Å². The van der Waals surface area contributed by atoms with Crippen molar-refractivity contribution in [3.63, 3.8) is 0 Å². The van der Waals surface area contributed by atoms with Crippen LogP contribution in [0.25, 0.3) is 0 Å². The Morgan fingerprint density at radius 1 is 0.900 bits per heavy atom. The Labute approximate surface area is 128 Å². The van der Waals surface area contributed by atoms with Gasteiger partial charge >= 0.3 is 0 Å². The molecule has 7 unspecified atom stereocenters.